The Morgan fingerprint density at radius 1 is 1.23 bits per heavy atom. The quantitative estimate of drug-likeness (QED) is 0.842. The largest absolute Gasteiger partial charge is 0.346 e. The third-order valence-corrected chi connectivity index (χ3v) is 4.80. The predicted molar refractivity (Wildman–Crippen MR) is 86.3 cm³/mol. The maximum absolute atomic E-state index is 13.8. The van der Waals surface area contributed by atoms with E-state index in [1.54, 1.807) is 23.2 Å². The number of thiazole rings is 1. The fraction of sp³-hybridized carbons (Fsp3) is 0.333. The second-order valence-corrected chi connectivity index (χ2v) is 6.70. The predicted octanol–water partition coefficient (Wildman–Crippen LogP) is 3.29. The fourth-order valence-electron chi connectivity index (χ4n) is 2.51. The van der Waals surface area contributed by atoms with Gasteiger partial charge in [0.1, 0.15) is 10.2 Å². The summed E-state index contributed by atoms with van der Waals surface area (Å²) in [5.74, 6) is -0.725. The molecule has 1 aliphatic heterocycles. The number of anilines is 1. The van der Waals surface area contributed by atoms with Crippen molar-refractivity contribution in [3.8, 4) is 0 Å². The van der Waals surface area contributed by atoms with Crippen molar-refractivity contribution in [2.75, 3.05) is 31.1 Å². The van der Waals surface area contributed by atoms with Crippen LogP contribution in [0.5, 0.6) is 0 Å². The van der Waals surface area contributed by atoms with E-state index in [-0.39, 0.29) is 11.5 Å². The minimum absolute atomic E-state index is 0.133. The van der Waals surface area contributed by atoms with Gasteiger partial charge in [-0.15, -0.1) is 0 Å². The molecule has 1 saturated heterocycles. The van der Waals surface area contributed by atoms with E-state index < -0.39 is 5.82 Å². The number of hydrogen-bond donors (Lipinski definition) is 0. The zero-order valence-electron chi connectivity index (χ0n) is 11.8. The normalized spacial score (nSPS) is 15.7. The molecule has 116 valence electrons. The van der Waals surface area contributed by atoms with E-state index in [2.05, 4.69) is 9.88 Å². The van der Waals surface area contributed by atoms with Crippen LogP contribution in [0.25, 0.3) is 0 Å². The van der Waals surface area contributed by atoms with E-state index in [0.29, 0.717) is 24.0 Å². The lowest BCUT2D eigenvalue weighted by molar-refractivity contribution is 0.0762. The zero-order valence-corrected chi connectivity index (χ0v) is 13.4. The van der Waals surface area contributed by atoms with Gasteiger partial charge in [0, 0.05) is 26.2 Å². The first-order chi connectivity index (χ1) is 10.6. The van der Waals surface area contributed by atoms with Crippen LogP contribution >= 0.6 is 22.9 Å². The first kappa shape index (κ1) is 15.2. The Balaban J connectivity index is 1.70. The lowest BCUT2D eigenvalue weighted by Crippen LogP contribution is -2.35. The molecule has 7 heteroatoms. The number of carbonyl (C=O) groups excluding carboxylic acids is 1. The van der Waals surface area contributed by atoms with Gasteiger partial charge in [0.05, 0.1) is 11.8 Å². The van der Waals surface area contributed by atoms with Crippen LogP contribution in [0.2, 0.25) is 4.34 Å². The Bertz CT molecular complexity index is 678. The summed E-state index contributed by atoms with van der Waals surface area (Å²) in [6.45, 7) is 2.64. The lowest BCUT2D eigenvalue weighted by Gasteiger charge is -2.21. The molecular formula is C15H15ClFN3OS. The van der Waals surface area contributed by atoms with Crippen molar-refractivity contribution < 1.29 is 9.18 Å². The van der Waals surface area contributed by atoms with Gasteiger partial charge in [-0.3, -0.25) is 4.79 Å². The number of carbonyl (C=O) groups is 1. The average molecular weight is 340 g/mol. The van der Waals surface area contributed by atoms with Crippen LogP contribution < -0.4 is 4.90 Å². The number of rotatable bonds is 2. The van der Waals surface area contributed by atoms with Crippen molar-refractivity contribution in [1.82, 2.24) is 9.88 Å². The van der Waals surface area contributed by atoms with Crippen molar-refractivity contribution in [1.29, 1.82) is 0 Å². The van der Waals surface area contributed by atoms with Gasteiger partial charge in [-0.25, -0.2) is 9.37 Å². The number of halogens is 2. The monoisotopic (exact) mass is 339 g/mol. The first-order valence-electron chi connectivity index (χ1n) is 7.05. The molecule has 1 aromatic heterocycles. The highest BCUT2D eigenvalue weighted by molar-refractivity contribution is 7.19. The van der Waals surface area contributed by atoms with Crippen molar-refractivity contribution in [2.45, 2.75) is 6.42 Å². The Kier molecular flexibility index (Phi) is 4.59. The Labute approximate surface area is 137 Å². The molecule has 0 atom stereocenters. The highest BCUT2D eigenvalue weighted by Crippen LogP contribution is 2.27. The smallest absolute Gasteiger partial charge is 0.256 e. The van der Waals surface area contributed by atoms with Gasteiger partial charge in [-0.1, -0.05) is 35.1 Å². The minimum atomic E-state index is -0.472. The molecule has 3 rings (SSSR count). The highest BCUT2D eigenvalue weighted by atomic mass is 35.5. The van der Waals surface area contributed by atoms with Gasteiger partial charge in [0.2, 0.25) is 0 Å². The summed E-state index contributed by atoms with van der Waals surface area (Å²) in [5.41, 5.74) is 0.133. The van der Waals surface area contributed by atoms with Crippen LogP contribution in [0, 0.1) is 5.82 Å². The zero-order chi connectivity index (χ0) is 15.5. The van der Waals surface area contributed by atoms with Gasteiger partial charge < -0.3 is 9.80 Å². The molecule has 1 aliphatic rings. The molecule has 0 aliphatic carbocycles. The van der Waals surface area contributed by atoms with Crippen LogP contribution in [0.3, 0.4) is 0 Å². The fourth-order valence-corrected chi connectivity index (χ4v) is 3.46. The molecule has 2 heterocycles. The summed E-state index contributed by atoms with van der Waals surface area (Å²) in [4.78, 5) is 20.5. The molecule has 0 bridgehead atoms. The summed E-state index contributed by atoms with van der Waals surface area (Å²) < 4.78 is 14.4. The molecule has 1 fully saturated rings. The number of nitrogens with zero attached hydrogens (tertiary/aromatic N) is 3. The first-order valence-corrected chi connectivity index (χ1v) is 8.24. The van der Waals surface area contributed by atoms with Gasteiger partial charge in [0.15, 0.2) is 5.13 Å². The van der Waals surface area contributed by atoms with Gasteiger partial charge >= 0.3 is 0 Å². The molecule has 2 aromatic rings. The summed E-state index contributed by atoms with van der Waals surface area (Å²) in [6, 6.07) is 6.11. The van der Waals surface area contributed by atoms with E-state index in [1.165, 1.54) is 23.5 Å². The number of amides is 1. The van der Waals surface area contributed by atoms with Gasteiger partial charge in [-0.2, -0.15) is 0 Å². The van der Waals surface area contributed by atoms with Crippen molar-refractivity contribution in [3.63, 3.8) is 0 Å². The summed E-state index contributed by atoms with van der Waals surface area (Å²) in [7, 11) is 0. The lowest BCUT2D eigenvalue weighted by atomic mass is 10.2. The number of hydrogen-bond acceptors (Lipinski definition) is 4. The standard InChI is InChI=1S/C15H15ClFN3OS/c16-13-10-18-15(22-13)20-7-3-6-19(8-9-20)14(21)11-4-1-2-5-12(11)17/h1-2,4-5,10H,3,6-9H2. The maximum Gasteiger partial charge on any atom is 0.256 e. The SMILES string of the molecule is O=C(c1ccccc1F)N1CCCN(c2ncc(Cl)s2)CC1. The van der Waals surface area contributed by atoms with Crippen molar-refractivity contribution >= 4 is 34.0 Å². The Morgan fingerprint density at radius 3 is 2.77 bits per heavy atom. The molecule has 22 heavy (non-hydrogen) atoms. The average Bonchev–Trinajstić information content (AvgIpc) is 2.81. The summed E-state index contributed by atoms with van der Waals surface area (Å²) in [5, 5.41) is 0.866. The summed E-state index contributed by atoms with van der Waals surface area (Å²) >= 11 is 7.35. The molecule has 0 radical (unpaired) electrons. The number of aromatic nitrogens is 1. The summed E-state index contributed by atoms with van der Waals surface area (Å²) in [6.07, 6.45) is 2.45. The van der Waals surface area contributed by atoms with E-state index in [1.807, 2.05) is 0 Å². The molecule has 0 spiro atoms. The number of benzene rings is 1. The molecular weight excluding hydrogens is 325 g/mol. The molecule has 0 unspecified atom stereocenters. The van der Waals surface area contributed by atoms with Crippen LogP contribution in [0.4, 0.5) is 9.52 Å². The molecule has 0 saturated carbocycles. The third-order valence-electron chi connectivity index (χ3n) is 3.62. The van der Waals surface area contributed by atoms with Gasteiger partial charge in [0.25, 0.3) is 5.91 Å². The molecule has 4 nitrogen and oxygen atoms in total. The maximum atomic E-state index is 13.8. The van der Waals surface area contributed by atoms with Crippen LogP contribution in [0.1, 0.15) is 16.8 Å². The molecule has 1 aromatic carbocycles. The van der Waals surface area contributed by atoms with Crippen LogP contribution in [0.15, 0.2) is 30.5 Å². The van der Waals surface area contributed by atoms with Crippen molar-refractivity contribution in [2.24, 2.45) is 0 Å². The van der Waals surface area contributed by atoms with E-state index in [4.69, 9.17) is 11.6 Å². The van der Waals surface area contributed by atoms with Crippen LogP contribution in [-0.4, -0.2) is 42.0 Å². The third kappa shape index (κ3) is 3.23. The van der Waals surface area contributed by atoms with E-state index in [0.717, 1.165) is 18.1 Å². The van der Waals surface area contributed by atoms with E-state index in [9.17, 15) is 9.18 Å². The van der Waals surface area contributed by atoms with Crippen LogP contribution in [-0.2, 0) is 0 Å². The van der Waals surface area contributed by atoms with E-state index >= 15 is 0 Å². The van der Waals surface area contributed by atoms with Crippen molar-refractivity contribution in [3.05, 3.63) is 46.2 Å². The second-order valence-electron chi connectivity index (χ2n) is 5.06. The molecule has 0 N–H and O–H groups in total. The van der Waals surface area contributed by atoms with Gasteiger partial charge in [-0.05, 0) is 18.6 Å². The highest BCUT2D eigenvalue weighted by Gasteiger charge is 2.23. The minimum Gasteiger partial charge on any atom is -0.346 e. The second kappa shape index (κ2) is 6.62. The molecule has 1 amide bonds. The Morgan fingerprint density at radius 2 is 2.05 bits per heavy atom. The topological polar surface area (TPSA) is 36.4 Å². The Hall–Kier alpha value is -1.66.